The number of pyridine rings is 3. The number of Topliss-reactive ketones (excluding diaryl/α,β-unsaturated/α-hetero) is 1. The van der Waals surface area contributed by atoms with Crippen LogP contribution in [0, 0.1) is 0 Å². The second-order valence-electron chi connectivity index (χ2n) is 6.30. The average Bonchev–Trinajstić information content (AvgIpc) is 2.74. The van der Waals surface area contributed by atoms with E-state index in [1.165, 1.54) is 0 Å². The third kappa shape index (κ3) is 5.87. The first-order valence-electron chi connectivity index (χ1n) is 9.27. The number of allylic oxidation sites excluding steroid dienone is 1. The predicted octanol–water partition coefficient (Wildman–Crippen LogP) is 3.45. The summed E-state index contributed by atoms with van der Waals surface area (Å²) in [6, 6.07) is 10.8. The zero-order valence-electron chi connectivity index (χ0n) is 16.2. The van der Waals surface area contributed by atoms with Crippen LogP contribution in [-0.4, -0.2) is 27.3 Å². The Kier molecular flexibility index (Phi) is 6.89. The van der Waals surface area contributed by atoms with E-state index in [2.05, 4.69) is 20.3 Å². The summed E-state index contributed by atoms with van der Waals surface area (Å²) in [5, 5.41) is 3.20. The molecule has 148 valence electrons. The zero-order valence-corrected chi connectivity index (χ0v) is 16.2. The lowest BCUT2D eigenvalue weighted by Gasteiger charge is -2.09. The highest BCUT2D eigenvalue weighted by Crippen LogP contribution is 2.16. The summed E-state index contributed by atoms with van der Waals surface area (Å²) < 4.78 is 5.50. The summed E-state index contributed by atoms with van der Waals surface area (Å²) in [6.45, 7) is 2.89. The standard InChI is InChI=1S/C22H23N5O2/c1-2-3-11-29-18-6-7-19(27-15-18)21(28)13-16-8-10-24-17(12-16)14-26-20-5-4-9-25-22(20)23/h2-10,12,15,26H,11,13-14H2,1H3,(H2,23,25)/b3-2+. The first kappa shape index (κ1) is 20.0. The Hall–Kier alpha value is -3.74. The third-order valence-corrected chi connectivity index (χ3v) is 4.15. The topological polar surface area (TPSA) is 103 Å². The van der Waals surface area contributed by atoms with Crippen LogP contribution in [0.4, 0.5) is 11.5 Å². The minimum atomic E-state index is -0.0633. The number of nitrogens with one attached hydrogen (secondary N) is 1. The first-order valence-corrected chi connectivity index (χ1v) is 9.27. The third-order valence-electron chi connectivity index (χ3n) is 4.15. The number of nitrogen functional groups attached to an aromatic ring is 1. The highest BCUT2D eigenvalue weighted by atomic mass is 16.5. The molecule has 0 bridgehead atoms. The quantitative estimate of drug-likeness (QED) is 0.427. The number of nitrogens with zero attached hydrogens (tertiary/aromatic N) is 3. The van der Waals surface area contributed by atoms with Gasteiger partial charge in [0.15, 0.2) is 5.78 Å². The van der Waals surface area contributed by atoms with E-state index in [4.69, 9.17) is 10.5 Å². The number of rotatable bonds is 9. The highest BCUT2D eigenvalue weighted by molar-refractivity contribution is 5.95. The Bertz CT molecular complexity index is 987. The van der Waals surface area contributed by atoms with Crippen molar-refractivity contribution in [1.29, 1.82) is 0 Å². The first-order chi connectivity index (χ1) is 14.2. The number of carbonyl (C=O) groups excluding carboxylic acids is 1. The molecule has 0 aromatic carbocycles. The number of hydrogen-bond acceptors (Lipinski definition) is 7. The van der Waals surface area contributed by atoms with Gasteiger partial charge in [-0.1, -0.05) is 12.2 Å². The Balaban J connectivity index is 1.59. The largest absolute Gasteiger partial charge is 0.488 e. The van der Waals surface area contributed by atoms with Crippen molar-refractivity contribution in [3.8, 4) is 5.75 Å². The minimum absolute atomic E-state index is 0.0633. The van der Waals surface area contributed by atoms with Gasteiger partial charge in [-0.2, -0.15) is 0 Å². The minimum Gasteiger partial charge on any atom is -0.488 e. The van der Waals surface area contributed by atoms with Crippen molar-refractivity contribution in [3.63, 3.8) is 0 Å². The summed E-state index contributed by atoms with van der Waals surface area (Å²) in [6.07, 6.45) is 8.96. The van der Waals surface area contributed by atoms with Gasteiger partial charge in [-0.25, -0.2) is 9.97 Å². The molecule has 3 aromatic rings. The molecule has 7 nitrogen and oxygen atoms in total. The van der Waals surface area contributed by atoms with Crippen molar-refractivity contribution >= 4 is 17.3 Å². The van der Waals surface area contributed by atoms with E-state index >= 15 is 0 Å². The van der Waals surface area contributed by atoms with Gasteiger partial charge in [0.1, 0.15) is 23.9 Å². The lowest BCUT2D eigenvalue weighted by molar-refractivity contribution is 0.0988. The van der Waals surface area contributed by atoms with Gasteiger partial charge in [0.25, 0.3) is 0 Å². The normalized spacial score (nSPS) is 10.8. The van der Waals surface area contributed by atoms with E-state index in [-0.39, 0.29) is 12.2 Å². The van der Waals surface area contributed by atoms with Crippen molar-refractivity contribution in [2.24, 2.45) is 0 Å². The average molecular weight is 389 g/mol. The van der Waals surface area contributed by atoms with E-state index in [0.29, 0.717) is 30.4 Å². The molecule has 0 saturated heterocycles. The monoisotopic (exact) mass is 389 g/mol. The second kappa shape index (κ2) is 9.98. The van der Waals surface area contributed by atoms with Gasteiger partial charge in [0.2, 0.25) is 0 Å². The Labute approximate surface area is 169 Å². The van der Waals surface area contributed by atoms with Gasteiger partial charge in [0.05, 0.1) is 24.1 Å². The number of anilines is 2. The van der Waals surface area contributed by atoms with Crippen LogP contribution in [0.25, 0.3) is 0 Å². The van der Waals surface area contributed by atoms with Crippen LogP contribution >= 0.6 is 0 Å². The fourth-order valence-corrected chi connectivity index (χ4v) is 2.63. The fraction of sp³-hybridized carbons (Fsp3) is 0.182. The maximum Gasteiger partial charge on any atom is 0.185 e. The molecule has 0 spiro atoms. The van der Waals surface area contributed by atoms with Crippen molar-refractivity contribution < 1.29 is 9.53 Å². The summed E-state index contributed by atoms with van der Waals surface area (Å²) >= 11 is 0. The van der Waals surface area contributed by atoms with Crippen LogP contribution in [0.2, 0.25) is 0 Å². The van der Waals surface area contributed by atoms with Gasteiger partial charge in [-0.3, -0.25) is 9.78 Å². The van der Waals surface area contributed by atoms with Crippen LogP contribution in [-0.2, 0) is 13.0 Å². The SMILES string of the molecule is C/C=C/COc1ccc(C(=O)Cc2ccnc(CNc3cccnc3N)c2)nc1. The van der Waals surface area contributed by atoms with Crippen LogP contribution < -0.4 is 15.8 Å². The summed E-state index contributed by atoms with van der Waals surface area (Å²) in [5.74, 6) is 1.00. The lowest BCUT2D eigenvalue weighted by atomic mass is 10.1. The number of hydrogen-bond donors (Lipinski definition) is 2. The number of ether oxygens (including phenoxy) is 1. The molecule has 3 rings (SSSR count). The van der Waals surface area contributed by atoms with Crippen LogP contribution in [0.3, 0.4) is 0 Å². The molecule has 3 heterocycles. The fourth-order valence-electron chi connectivity index (χ4n) is 2.63. The molecule has 3 aromatic heterocycles. The van der Waals surface area contributed by atoms with Gasteiger partial charge >= 0.3 is 0 Å². The highest BCUT2D eigenvalue weighted by Gasteiger charge is 2.10. The molecule has 0 atom stereocenters. The van der Waals surface area contributed by atoms with E-state index < -0.39 is 0 Å². The van der Waals surface area contributed by atoms with Crippen LogP contribution in [0.1, 0.15) is 28.7 Å². The summed E-state index contributed by atoms with van der Waals surface area (Å²) in [7, 11) is 0. The molecule has 0 unspecified atom stereocenters. The number of nitrogens with two attached hydrogens (primary N) is 1. The molecule has 0 aliphatic carbocycles. The van der Waals surface area contributed by atoms with Crippen molar-refractivity contribution in [3.05, 3.63) is 84.1 Å². The number of aromatic nitrogens is 3. The summed E-state index contributed by atoms with van der Waals surface area (Å²) in [5.41, 5.74) is 8.66. The molecular formula is C22H23N5O2. The van der Waals surface area contributed by atoms with Gasteiger partial charge in [-0.05, 0) is 48.9 Å². The Morgan fingerprint density at radius 1 is 1.17 bits per heavy atom. The maximum atomic E-state index is 12.5. The molecule has 29 heavy (non-hydrogen) atoms. The number of ketones is 1. The molecule has 0 radical (unpaired) electrons. The Morgan fingerprint density at radius 2 is 2.07 bits per heavy atom. The van der Waals surface area contributed by atoms with Crippen molar-refractivity contribution in [2.75, 3.05) is 17.7 Å². The molecule has 0 fully saturated rings. The molecular weight excluding hydrogens is 366 g/mol. The maximum absolute atomic E-state index is 12.5. The van der Waals surface area contributed by atoms with E-state index in [9.17, 15) is 4.79 Å². The second-order valence-corrected chi connectivity index (χ2v) is 6.30. The Morgan fingerprint density at radius 3 is 2.83 bits per heavy atom. The molecule has 0 saturated carbocycles. The van der Waals surface area contributed by atoms with Gasteiger partial charge in [-0.15, -0.1) is 0 Å². The number of carbonyl (C=O) groups is 1. The van der Waals surface area contributed by atoms with Crippen molar-refractivity contribution in [1.82, 2.24) is 15.0 Å². The zero-order chi connectivity index (χ0) is 20.5. The summed E-state index contributed by atoms with van der Waals surface area (Å²) in [4.78, 5) is 25.1. The molecule has 7 heteroatoms. The molecule has 0 aliphatic heterocycles. The van der Waals surface area contributed by atoms with Crippen molar-refractivity contribution in [2.45, 2.75) is 19.9 Å². The van der Waals surface area contributed by atoms with E-state index in [0.717, 1.165) is 16.9 Å². The lowest BCUT2D eigenvalue weighted by Crippen LogP contribution is -2.08. The predicted molar refractivity (Wildman–Crippen MR) is 113 cm³/mol. The molecule has 3 N–H and O–H groups in total. The molecule has 0 amide bonds. The smallest absolute Gasteiger partial charge is 0.185 e. The van der Waals surface area contributed by atoms with Crippen LogP contribution in [0.5, 0.6) is 5.75 Å². The van der Waals surface area contributed by atoms with Gasteiger partial charge < -0.3 is 15.8 Å². The van der Waals surface area contributed by atoms with E-state index in [1.54, 1.807) is 30.7 Å². The van der Waals surface area contributed by atoms with Crippen LogP contribution in [0.15, 0.2) is 67.1 Å². The molecule has 0 aliphatic rings. The van der Waals surface area contributed by atoms with Gasteiger partial charge in [0, 0.05) is 18.8 Å². The van der Waals surface area contributed by atoms with E-state index in [1.807, 2.05) is 43.3 Å².